The smallest absolute Gasteiger partial charge is 0.293 e. The van der Waals surface area contributed by atoms with E-state index < -0.39 is 0 Å². The van der Waals surface area contributed by atoms with Crippen LogP contribution in [0.3, 0.4) is 0 Å². The molecule has 1 saturated carbocycles. The van der Waals surface area contributed by atoms with Crippen molar-refractivity contribution in [1.29, 1.82) is 0 Å². The highest BCUT2D eigenvalue weighted by Crippen LogP contribution is 2.40. The quantitative estimate of drug-likeness (QED) is 0.184. The Morgan fingerprint density at radius 1 is 1.19 bits per heavy atom. The number of ether oxygens (including phenoxy) is 3. The van der Waals surface area contributed by atoms with Gasteiger partial charge < -0.3 is 19.1 Å². The summed E-state index contributed by atoms with van der Waals surface area (Å²) in [6.45, 7) is 7.96. The summed E-state index contributed by atoms with van der Waals surface area (Å²) in [4.78, 5) is 15.2. The summed E-state index contributed by atoms with van der Waals surface area (Å²) in [5.41, 5.74) is 3.08. The molecule has 1 atom stereocenters. The minimum Gasteiger partial charge on any atom is -0.452 e. The average Bonchev–Trinajstić information content (AvgIpc) is 3.71. The second-order valence-electron chi connectivity index (χ2n) is 9.58. The van der Waals surface area contributed by atoms with Crippen molar-refractivity contribution in [1.82, 2.24) is 9.78 Å². The summed E-state index contributed by atoms with van der Waals surface area (Å²) in [6.07, 6.45) is 10.8. The lowest BCUT2D eigenvalue weighted by Crippen LogP contribution is -2.33. The minimum absolute atomic E-state index is 0.111. The highest BCUT2D eigenvalue weighted by Gasteiger charge is 2.24. The first-order valence-corrected chi connectivity index (χ1v) is 13.2. The zero-order chi connectivity index (χ0) is 25.6. The third-order valence-corrected chi connectivity index (χ3v) is 6.87. The van der Waals surface area contributed by atoms with Crippen LogP contribution in [0.15, 0.2) is 73.2 Å². The van der Waals surface area contributed by atoms with E-state index in [-0.39, 0.29) is 18.0 Å². The summed E-state index contributed by atoms with van der Waals surface area (Å²) in [6, 6.07) is 14.0. The van der Waals surface area contributed by atoms with Gasteiger partial charge in [-0.3, -0.25) is 9.48 Å². The van der Waals surface area contributed by atoms with Crippen LogP contribution < -0.4 is 9.64 Å². The van der Waals surface area contributed by atoms with Crippen LogP contribution in [-0.2, 0) is 20.8 Å². The molecular weight excluding hydrogens is 466 g/mol. The van der Waals surface area contributed by atoms with Crippen molar-refractivity contribution in [2.75, 3.05) is 24.7 Å². The number of allylic oxidation sites excluding steroid dienone is 1. The number of carbonyl (C=O) groups excluding carboxylic acids is 1. The van der Waals surface area contributed by atoms with Crippen LogP contribution in [0, 0.1) is 0 Å². The van der Waals surface area contributed by atoms with Gasteiger partial charge in [0.1, 0.15) is 5.75 Å². The first kappa shape index (κ1) is 25.2. The fourth-order valence-electron chi connectivity index (χ4n) is 4.68. The van der Waals surface area contributed by atoms with Crippen molar-refractivity contribution >= 4 is 22.5 Å². The second kappa shape index (κ2) is 11.8. The van der Waals surface area contributed by atoms with Crippen molar-refractivity contribution in [3.05, 3.63) is 78.7 Å². The highest BCUT2D eigenvalue weighted by molar-refractivity contribution is 6.05. The Morgan fingerprint density at radius 3 is 2.73 bits per heavy atom. The molecule has 1 saturated heterocycles. The van der Waals surface area contributed by atoms with Crippen molar-refractivity contribution in [3.63, 3.8) is 0 Å². The molecule has 1 aliphatic heterocycles. The predicted octanol–water partition coefficient (Wildman–Crippen LogP) is 5.96. The van der Waals surface area contributed by atoms with Gasteiger partial charge in [0, 0.05) is 24.2 Å². The molecule has 5 rings (SSSR count). The molecule has 0 spiro atoms. The molecule has 1 unspecified atom stereocenters. The first-order valence-electron chi connectivity index (χ1n) is 13.2. The number of nitrogens with zero attached hydrogens (tertiary/aromatic N) is 3. The SMILES string of the molecule is C=CCN(C(=O)/C(=C/C)Oc1ccc(C2CC2)cc1)c1ccc2c(cnn2CCOC2CCCCO2)c1. The Hall–Kier alpha value is -3.42. The lowest BCUT2D eigenvalue weighted by Gasteiger charge is -2.23. The van der Waals surface area contributed by atoms with E-state index in [1.807, 2.05) is 48.1 Å². The summed E-state index contributed by atoms with van der Waals surface area (Å²) >= 11 is 0. The fourth-order valence-corrected chi connectivity index (χ4v) is 4.68. The van der Waals surface area contributed by atoms with Crippen LogP contribution in [0.2, 0.25) is 0 Å². The normalized spacial score (nSPS) is 18.1. The topological polar surface area (TPSA) is 65.8 Å². The van der Waals surface area contributed by atoms with Crippen LogP contribution in [0.5, 0.6) is 5.75 Å². The van der Waals surface area contributed by atoms with Gasteiger partial charge in [-0.15, -0.1) is 6.58 Å². The molecule has 1 amide bonds. The number of hydrogen-bond donors (Lipinski definition) is 0. The zero-order valence-electron chi connectivity index (χ0n) is 21.5. The third kappa shape index (κ3) is 6.12. The van der Waals surface area contributed by atoms with Gasteiger partial charge in [0.15, 0.2) is 12.0 Å². The summed E-state index contributed by atoms with van der Waals surface area (Å²) in [5, 5.41) is 5.49. The Bertz CT molecular complexity index is 1250. The summed E-state index contributed by atoms with van der Waals surface area (Å²) in [7, 11) is 0. The van der Waals surface area contributed by atoms with Crippen molar-refractivity contribution in [2.24, 2.45) is 0 Å². The molecule has 0 N–H and O–H groups in total. The lowest BCUT2D eigenvalue weighted by molar-refractivity contribution is -0.163. The minimum atomic E-state index is -0.221. The van der Waals surface area contributed by atoms with E-state index in [4.69, 9.17) is 14.2 Å². The van der Waals surface area contributed by atoms with E-state index in [1.165, 1.54) is 18.4 Å². The summed E-state index contributed by atoms with van der Waals surface area (Å²) in [5.74, 6) is 1.39. The molecule has 1 aliphatic carbocycles. The lowest BCUT2D eigenvalue weighted by atomic mass is 10.1. The third-order valence-electron chi connectivity index (χ3n) is 6.87. The molecule has 0 radical (unpaired) electrons. The predicted molar refractivity (Wildman–Crippen MR) is 145 cm³/mol. The van der Waals surface area contributed by atoms with Crippen LogP contribution in [0.25, 0.3) is 10.9 Å². The number of amides is 1. The molecule has 2 aromatic carbocycles. The van der Waals surface area contributed by atoms with Gasteiger partial charge in [0.05, 0.1) is 24.9 Å². The van der Waals surface area contributed by atoms with Crippen molar-refractivity contribution < 1.29 is 19.0 Å². The monoisotopic (exact) mass is 501 g/mol. The summed E-state index contributed by atoms with van der Waals surface area (Å²) < 4.78 is 19.4. The molecule has 2 fully saturated rings. The second-order valence-corrected chi connectivity index (χ2v) is 9.58. The zero-order valence-corrected chi connectivity index (χ0v) is 21.5. The van der Waals surface area contributed by atoms with E-state index >= 15 is 0 Å². The Balaban J connectivity index is 1.27. The Kier molecular flexibility index (Phi) is 8.02. The Labute approximate surface area is 218 Å². The molecule has 3 aromatic rings. The van der Waals surface area contributed by atoms with Crippen LogP contribution in [0.4, 0.5) is 5.69 Å². The Morgan fingerprint density at radius 2 is 2.03 bits per heavy atom. The van der Waals surface area contributed by atoms with E-state index in [0.717, 1.165) is 42.5 Å². The number of fused-ring (bicyclic) bond motifs is 1. The largest absolute Gasteiger partial charge is 0.452 e. The number of rotatable bonds is 11. The van der Waals surface area contributed by atoms with Gasteiger partial charge in [-0.2, -0.15) is 5.10 Å². The van der Waals surface area contributed by atoms with E-state index in [1.54, 1.807) is 17.1 Å². The molecule has 1 aromatic heterocycles. The van der Waals surface area contributed by atoms with Crippen molar-refractivity contribution in [2.45, 2.75) is 57.8 Å². The molecule has 0 bridgehead atoms. The molecule has 194 valence electrons. The number of aromatic nitrogens is 2. The van der Waals surface area contributed by atoms with Gasteiger partial charge in [0.2, 0.25) is 0 Å². The van der Waals surface area contributed by atoms with Gasteiger partial charge >= 0.3 is 0 Å². The average molecular weight is 502 g/mol. The van der Waals surface area contributed by atoms with Crippen LogP contribution in [-0.4, -0.2) is 41.7 Å². The van der Waals surface area contributed by atoms with Gasteiger partial charge in [0.25, 0.3) is 5.91 Å². The highest BCUT2D eigenvalue weighted by atomic mass is 16.7. The molecule has 37 heavy (non-hydrogen) atoms. The number of benzene rings is 2. The first-order chi connectivity index (χ1) is 18.2. The molecule has 7 nitrogen and oxygen atoms in total. The maximum Gasteiger partial charge on any atom is 0.293 e. The van der Waals surface area contributed by atoms with E-state index in [9.17, 15) is 4.79 Å². The van der Waals surface area contributed by atoms with E-state index in [2.05, 4.69) is 23.8 Å². The maximum atomic E-state index is 13.5. The molecule has 7 heteroatoms. The number of anilines is 1. The molecule has 2 aliphatic rings. The van der Waals surface area contributed by atoms with Gasteiger partial charge in [-0.25, -0.2) is 0 Å². The van der Waals surface area contributed by atoms with Crippen LogP contribution in [0.1, 0.15) is 50.5 Å². The fraction of sp³-hybridized carbons (Fsp3) is 0.400. The molecular formula is C30H35N3O4. The number of carbonyl (C=O) groups is 1. The maximum absolute atomic E-state index is 13.5. The van der Waals surface area contributed by atoms with Crippen LogP contribution >= 0.6 is 0 Å². The number of hydrogen-bond acceptors (Lipinski definition) is 5. The van der Waals surface area contributed by atoms with Crippen molar-refractivity contribution in [3.8, 4) is 5.75 Å². The standard InChI is InChI=1S/C30H35N3O4/c1-3-16-32(30(34)28(4-2)37-26-13-10-23(11-14-26)22-8-9-22)25-12-15-27-24(20-25)21-31-33(27)17-19-36-29-7-5-6-18-35-29/h3-4,10-15,20-22,29H,1,5-9,16-19H2,2H3/b28-4-. The van der Waals surface area contributed by atoms with E-state index in [0.29, 0.717) is 31.4 Å². The van der Waals surface area contributed by atoms with Gasteiger partial charge in [-0.05, 0) is 86.9 Å². The molecule has 2 heterocycles. The van der Waals surface area contributed by atoms with Gasteiger partial charge in [-0.1, -0.05) is 18.2 Å².